The summed E-state index contributed by atoms with van der Waals surface area (Å²) in [5.41, 5.74) is 10.1. The van der Waals surface area contributed by atoms with Crippen molar-refractivity contribution >= 4 is 23.5 Å². The number of hydrogen-bond acceptors (Lipinski definition) is 5. The van der Waals surface area contributed by atoms with Crippen molar-refractivity contribution < 1.29 is 13.6 Å². The summed E-state index contributed by atoms with van der Waals surface area (Å²) in [6, 6.07) is 10.5. The standard InChI is InChI=1S/C22H24F2N6O/c1-13-5-3-6-16(14(13)2)19-12-20(30-21(25)29-19)26-9-4-10-27-22(31)28-15-7-8-17(23)18(24)11-15/h3,5-8,11-12H,4,9-10H2,1-2H3,(H2,27,28,31)(H3,25,26,29,30). The molecule has 0 saturated heterocycles. The van der Waals surface area contributed by atoms with Gasteiger partial charge >= 0.3 is 6.03 Å². The summed E-state index contributed by atoms with van der Waals surface area (Å²) in [5, 5.41) is 8.27. The highest BCUT2D eigenvalue weighted by Crippen LogP contribution is 2.26. The molecule has 0 spiro atoms. The van der Waals surface area contributed by atoms with Crippen molar-refractivity contribution in [2.75, 3.05) is 29.5 Å². The van der Waals surface area contributed by atoms with E-state index >= 15 is 0 Å². The van der Waals surface area contributed by atoms with E-state index in [0.717, 1.165) is 34.5 Å². The van der Waals surface area contributed by atoms with Crippen molar-refractivity contribution in [1.82, 2.24) is 15.3 Å². The van der Waals surface area contributed by atoms with E-state index in [2.05, 4.69) is 25.9 Å². The van der Waals surface area contributed by atoms with Crippen LogP contribution in [0.25, 0.3) is 11.3 Å². The summed E-state index contributed by atoms with van der Waals surface area (Å²) in [7, 11) is 0. The SMILES string of the molecule is Cc1cccc(-c2cc(NCCCNC(=O)Nc3ccc(F)c(F)c3)nc(N)n2)c1C. The van der Waals surface area contributed by atoms with Gasteiger partial charge in [-0.2, -0.15) is 4.98 Å². The van der Waals surface area contributed by atoms with E-state index in [1.54, 1.807) is 0 Å². The third-order valence-electron chi connectivity index (χ3n) is 4.75. The Morgan fingerprint density at radius 3 is 2.61 bits per heavy atom. The quantitative estimate of drug-likeness (QED) is 0.423. The molecule has 9 heteroatoms. The molecule has 5 N–H and O–H groups in total. The first-order chi connectivity index (χ1) is 14.8. The van der Waals surface area contributed by atoms with Crippen LogP contribution in [0.15, 0.2) is 42.5 Å². The highest BCUT2D eigenvalue weighted by atomic mass is 19.2. The lowest BCUT2D eigenvalue weighted by molar-refractivity contribution is 0.252. The Labute approximate surface area is 179 Å². The number of amides is 2. The van der Waals surface area contributed by atoms with Gasteiger partial charge in [0.15, 0.2) is 11.6 Å². The maximum Gasteiger partial charge on any atom is 0.319 e. The Morgan fingerprint density at radius 1 is 1.03 bits per heavy atom. The van der Waals surface area contributed by atoms with Crippen LogP contribution in [-0.2, 0) is 0 Å². The predicted octanol–water partition coefficient (Wildman–Crippen LogP) is 4.24. The maximum absolute atomic E-state index is 13.2. The molecule has 0 aliphatic rings. The molecule has 1 heterocycles. The van der Waals surface area contributed by atoms with Gasteiger partial charge in [0.2, 0.25) is 5.95 Å². The van der Waals surface area contributed by atoms with Crippen LogP contribution in [0.3, 0.4) is 0 Å². The highest BCUT2D eigenvalue weighted by molar-refractivity contribution is 5.89. The lowest BCUT2D eigenvalue weighted by Gasteiger charge is -2.12. The number of carbonyl (C=O) groups is 1. The second kappa shape index (κ2) is 9.84. The molecule has 0 aliphatic heterocycles. The first-order valence-electron chi connectivity index (χ1n) is 9.78. The zero-order valence-electron chi connectivity index (χ0n) is 17.3. The monoisotopic (exact) mass is 426 g/mol. The number of aromatic nitrogens is 2. The largest absolute Gasteiger partial charge is 0.370 e. The van der Waals surface area contributed by atoms with E-state index in [0.29, 0.717) is 25.3 Å². The Hall–Kier alpha value is -3.75. The Kier molecular flexibility index (Phi) is 6.96. The molecule has 0 bridgehead atoms. The zero-order chi connectivity index (χ0) is 22.4. The molecule has 0 atom stereocenters. The molecule has 0 unspecified atom stereocenters. The summed E-state index contributed by atoms with van der Waals surface area (Å²) < 4.78 is 26.1. The fourth-order valence-corrected chi connectivity index (χ4v) is 2.98. The first kappa shape index (κ1) is 21.9. The van der Waals surface area contributed by atoms with Gasteiger partial charge in [-0.05, 0) is 43.5 Å². The average molecular weight is 426 g/mol. The fourth-order valence-electron chi connectivity index (χ4n) is 2.98. The molecule has 0 fully saturated rings. The summed E-state index contributed by atoms with van der Waals surface area (Å²) in [4.78, 5) is 20.4. The minimum atomic E-state index is -1.02. The van der Waals surface area contributed by atoms with Gasteiger partial charge in [0.1, 0.15) is 5.82 Å². The third-order valence-corrected chi connectivity index (χ3v) is 4.75. The van der Waals surface area contributed by atoms with E-state index in [-0.39, 0.29) is 11.6 Å². The van der Waals surface area contributed by atoms with Crippen molar-refractivity contribution in [2.24, 2.45) is 0 Å². The van der Waals surface area contributed by atoms with Crippen molar-refractivity contribution in [1.29, 1.82) is 0 Å². The number of benzene rings is 2. The second-order valence-corrected chi connectivity index (χ2v) is 7.03. The minimum absolute atomic E-state index is 0.171. The van der Waals surface area contributed by atoms with Gasteiger partial charge in [0.25, 0.3) is 0 Å². The Bertz CT molecular complexity index is 1090. The molecule has 2 aromatic carbocycles. The van der Waals surface area contributed by atoms with Crippen molar-refractivity contribution in [3.05, 3.63) is 65.2 Å². The number of nitrogen functional groups attached to an aromatic ring is 1. The third kappa shape index (κ3) is 5.88. The Morgan fingerprint density at radius 2 is 1.84 bits per heavy atom. The van der Waals surface area contributed by atoms with Crippen molar-refractivity contribution in [3.8, 4) is 11.3 Å². The molecule has 3 aromatic rings. The van der Waals surface area contributed by atoms with Crippen LogP contribution in [0.1, 0.15) is 17.5 Å². The summed E-state index contributed by atoms with van der Waals surface area (Å²) in [6.45, 7) is 4.98. The molecule has 31 heavy (non-hydrogen) atoms. The number of nitrogens with two attached hydrogens (primary N) is 1. The van der Waals surface area contributed by atoms with Crippen LogP contribution in [0.5, 0.6) is 0 Å². The van der Waals surface area contributed by atoms with Gasteiger partial charge in [-0.15, -0.1) is 0 Å². The number of nitrogens with zero attached hydrogens (tertiary/aromatic N) is 2. The minimum Gasteiger partial charge on any atom is -0.370 e. The smallest absolute Gasteiger partial charge is 0.319 e. The number of carbonyl (C=O) groups excluding carboxylic acids is 1. The molecular formula is C22H24F2N6O. The van der Waals surface area contributed by atoms with Gasteiger partial charge in [-0.3, -0.25) is 0 Å². The van der Waals surface area contributed by atoms with Gasteiger partial charge in [-0.25, -0.2) is 18.6 Å². The summed E-state index contributed by atoms with van der Waals surface area (Å²) >= 11 is 0. The number of aryl methyl sites for hydroxylation is 1. The van der Waals surface area contributed by atoms with Crippen LogP contribution < -0.4 is 21.7 Å². The maximum atomic E-state index is 13.2. The number of rotatable bonds is 7. The lowest BCUT2D eigenvalue weighted by atomic mass is 10.0. The zero-order valence-corrected chi connectivity index (χ0v) is 17.3. The molecule has 162 valence electrons. The van der Waals surface area contributed by atoms with E-state index in [1.807, 2.05) is 38.1 Å². The average Bonchev–Trinajstić information content (AvgIpc) is 2.72. The van der Waals surface area contributed by atoms with Gasteiger partial charge in [0.05, 0.1) is 5.69 Å². The predicted molar refractivity (Wildman–Crippen MR) is 118 cm³/mol. The molecule has 3 rings (SSSR count). The summed E-state index contributed by atoms with van der Waals surface area (Å²) in [6.07, 6.45) is 0.605. The van der Waals surface area contributed by atoms with E-state index in [4.69, 9.17) is 5.73 Å². The number of nitrogens with one attached hydrogen (secondary N) is 3. The first-order valence-corrected chi connectivity index (χ1v) is 9.78. The Balaban J connectivity index is 1.49. The molecule has 7 nitrogen and oxygen atoms in total. The number of hydrogen-bond donors (Lipinski definition) is 4. The van der Waals surface area contributed by atoms with Crippen LogP contribution in [-0.4, -0.2) is 29.1 Å². The van der Waals surface area contributed by atoms with Crippen LogP contribution in [0, 0.1) is 25.5 Å². The molecule has 0 saturated carbocycles. The molecule has 2 amide bonds. The molecular weight excluding hydrogens is 402 g/mol. The van der Waals surface area contributed by atoms with Gasteiger partial charge in [0, 0.05) is 36.5 Å². The fraction of sp³-hybridized carbons (Fsp3) is 0.227. The van der Waals surface area contributed by atoms with Gasteiger partial charge in [-0.1, -0.05) is 18.2 Å². The number of anilines is 3. The number of urea groups is 1. The second-order valence-electron chi connectivity index (χ2n) is 7.03. The summed E-state index contributed by atoms with van der Waals surface area (Å²) in [5.74, 6) is -1.23. The van der Waals surface area contributed by atoms with E-state index in [1.165, 1.54) is 6.07 Å². The van der Waals surface area contributed by atoms with Crippen LogP contribution >= 0.6 is 0 Å². The number of halogens is 2. The highest BCUT2D eigenvalue weighted by Gasteiger charge is 2.09. The normalized spacial score (nSPS) is 10.6. The van der Waals surface area contributed by atoms with Crippen molar-refractivity contribution in [3.63, 3.8) is 0 Å². The van der Waals surface area contributed by atoms with Crippen LogP contribution in [0.4, 0.5) is 31.0 Å². The lowest BCUT2D eigenvalue weighted by Crippen LogP contribution is -2.30. The molecule has 1 aromatic heterocycles. The van der Waals surface area contributed by atoms with Crippen molar-refractivity contribution in [2.45, 2.75) is 20.3 Å². The van der Waals surface area contributed by atoms with Crippen LogP contribution in [0.2, 0.25) is 0 Å². The van der Waals surface area contributed by atoms with E-state index < -0.39 is 17.7 Å². The molecule has 0 radical (unpaired) electrons. The van der Waals surface area contributed by atoms with Gasteiger partial charge < -0.3 is 21.7 Å². The molecule has 0 aliphatic carbocycles. The van der Waals surface area contributed by atoms with E-state index in [9.17, 15) is 13.6 Å². The topological polar surface area (TPSA) is 105 Å².